The number of benzene rings is 3. The Labute approximate surface area is 133 Å². The third-order valence-corrected chi connectivity index (χ3v) is 4.14. The van der Waals surface area contributed by atoms with Gasteiger partial charge in [-0.15, -0.1) is 0 Å². The predicted molar refractivity (Wildman–Crippen MR) is 94.4 cm³/mol. The van der Waals surface area contributed by atoms with E-state index in [-0.39, 0.29) is 0 Å². The average molecular weight is 286 g/mol. The van der Waals surface area contributed by atoms with Gasteiger partial charge in [0.1, 0.15) is 0 Å². The Kier molecular flexibility index (Phi) is 4.39. The lowest BCUT2D eigenvalue weighted by atomic mass is 9.96. The molecule has 0 fully saturated rings. The van der Waals surface area contributed by atoms with E-state index in [0.29, 0.717) is 0 Å². The molecule has 0 bridgehead atoms. The van der Waals surface area contributed by atoms with Crippen molar-refractivity contribution in [1.29, 1.82) is 0 Å². The van der Waals surface area contributed by atoms with Gasteiger partial charge in [-0.05, 0) is 54.5 Å². The number of aryl methyl sites for hydroxylation is 2. The quantitative estimate of drug-likeness (QED) is 0.595. The number of rotatable bonds is 4. The van der Waals surface area contributed by atoms with E-state index >= 15 is 0 Å². The molecule has 0 N–H and O–H groups in total. The van der Waals surface area contributed by atoms with Gasteiger partial charge >= 0.3 is 0 Å². The summed E-state index contributed by atoms with van der Waals surface area (Å²) >= 11 is 0. The molecule has 3 rings (SSSR count). The van der Waals surface area contributed by atoms with Crippen LogP contribution in [0.1, 0.15) is 33.4 Å². The highest BCUT2D eigenvalue weighted by Crippen LogP contribution is 2.18. The van der Waals surface area contributed by atoms with Crippen LogP contribution in [0.2, 0.25) is 0 Å². The average Bonchev–Trinajstić information content (AvgIpc) is 2.51. The van der Waals surface area contributed by atoms with E-state index in [0.717, 1.165) is 12.8 Å². The van der Waals surface area contributed by atoms with E-state index in [1.807, 2.05) is 0 Å². The fraction of sp³-hybridized carbons (Fsp3) is 0.182. The van der Waals surface area contributed by atoms with E-state index in [2.05, 4.69) is 86.6 Å². The fourth-order valence-electron chi connectivity index (χ4n) is 2.94. The van der Waals surface area contributed by atoms with Crippen LogP contribution in [-0.4, -0.2) is 0 Å². The van der Waals surface area contributed by atoms with Crippen molar-refractivity contribution in [1.82, 2.24) is 0 Å². The van der Waals surface area contributed by atoms with E-state index in [4.69, 9.17) is 0 Å². The summed E-state index contributed by atoms with van der Waals surface area (Å²) in [6.07, 6.45) is 2.02. The predicted octanol–water partition coefficient (Wildman–Crippen LogP) is 5.49. The minimum Gasteiger partial charge on any atom is -0.0622 e. The molecule has 0 amide bonds. The summed E-state index contributed by atoms with van der Waals surface area (Å²) in [6.45, 7) is 4.37. The molecule has 0 aliphatic carbocycles. The number of hydrogen-bond acceptors (Lipinski definition) is 0. The van der Waals surface area contributed by atoms with Crippen LogP contribution in [0.5, 0.6) is 0 Å². The highest BCUT2D eigenvalue weighted by atomic mass is 14.1. The molecule has 0 saturated heterocycles. The van der Waals surface area contributed by atoms with Crippen LogP contribution in [0.15, 0.2) is 72.8 Å². The minimum atomic E-state index is 1.01. The minimum absolute atomic E-state index is 1.01. The summed E-state index contributed by atoms with van der Waals surface area (Å²) in [7, 11) is 0. The Morgan fingerprint density at radius 2 is 1.32 bits per heavy atom. The molecule has 0 aromatic heterocycles. The zero-order valence-electron chi connectivity index (χ0n) is 13.3. The van der Waals surface area contributed by atoms with Gasteiger partial charge in [0.15, 0.2) is 0 Å². The molecule has 0 heteroatoms. The SMILES string of the molecule is Cc1cccc(Cc2ccc(Cc3ccccc3)c(C)c2)c1. The molecule has 0 heterocycles. The van der Waals surface area contributed by atoms with Crippen molar-refractivity contribution in [3.05, 3.63) is 106 Å². The van der Waals surface area contributed by atoms with Gasteiger partial charge in [-0.25, -0.2) is 0 Å². The molecule has 0 atom stereocenters. The molecule has 0 saturated carbocycles. The summed E-state index contributed by atoms with van der Waals surface area (Å²) in [4.78, 5) is 0. The Bertz CT molecular complexity index is 754. The van der Waals surface area contributed by atoms with Gasteiger partial charge in [0, 0.05) is 0 Å². The van der Waals surface area contributed by atoms with Crippen LogP contribution in [0.4, 0.5) is 0 Å². The Morgan fingerprint density at radius 1 is 0.591 bits per heavy atom. The molecule has 0 spiro atoms. The first-order valence-corrected chi connectivity index (χ1v) is 7.88. The van der Waals surface area contributed by atoms with E-state index in [9.17, 15) is 0 Å². The molecule has 3 aromatic carbocycles. The molecule has 0 unspecified atom stereocenters. The first kappa shape index (κ1) is 14.6. The van der Waals surface area contributed by atoms with Crippen molar-refractivity contribution in [2.45, 2.75) is 26.7 Å². The van der Waals surface area contributed by atoms with Gasteiger partial charge in [0.25, 0.3) is 0 Å². The van der Waals surface area contributed by atoms with Crippen LogP contribution in [0.3, 0.4) is 0 Å². The van der Waals surface area contributed by atoms with Crippen LogP contribution in [0, 0.1) is 13.8 Å². The molecule has 22 heavy (non-hydrogen) atoms. The molecule has 0 aliphatic rings. The van der Waals surface area contributed by atoms with Crippen LogP contribution in [-0.2, 0) is 12.8 Å². The first-order chi connectivity index (χ1) is 10.7. The topological polar surface area (TPSA) is 0 Å². The van der Waals surface area contributed by atoms with Gasteiger partial charge in [-0.2, -0.15) is 0 Å². The third kappa shape index (κ3) is 3.65. The van der Waals surface area contributed by atoms with Gasteiger partial charge < -0.3 is 0 Å². The highest BCUT2D eigenvalue weighted by Gasteiger charge is 2.03. The van der Waals surface area contributed by atoms with Crippen molar-refractivity contribution in [2.75, 3.05) is 0 Å². The summed E-state index contributed by atoms with van der Waals surface area (Å²) < 4.78 is 0. The largest absolute Gasteiger partial charge is 0.0622 e. The second-order valence-corrected chi connectivity index (χ2v) is 6.09. The van der Waals surface area contributed by atoms with Gasteiger partial charge in [0.2, 0.25) is 0 Å². The molecular weight excluding hydrogens is 264 g/mol. The summed E-state index contributed by atoms with van der Waals surface area (Å²) in [5.74, 6) is 0. The normalized spacial score (nSPS) is 10.6. The smallest absolute Gasteiger partial charge is 0.00231 e. The molecular formula is C22H22. The lowest BCUT2D eigenvalue weighted by Gasteiger charge is -2.09. The second-order valence-electron chi connectivity index (χ2n) is 6.09. The Morgan fingerprint density at radius 3 is 2.05 bits per heavy atom. The van der Waals surface area contributed by atoms with Crippen molar-refractivity contribution in [3.63, 3.8) is 0 Å². The summed E-state index contributed by atoms with van der Waals surface area (Å²) in [6, 6.07) is 26.3. The van der Waals surface area contributed by atoms with Gasteiger partial charge in [-0.3, -0.25) is 0 Å². The standard InChI is InChI=1S/C22H22/c1-17-7-6-10-20(13-17)15-21-11-12-22(18(2)14-21)16-19-8-4-3-5-9-19/h3-14H,15-16H2,1-2H3. The lowest BCUT2D eigenvalue weighted by molar-refractivity contribution is 1.12. The maximum atomic E-state index is 2.33. The van der Waals surface area contributed by atoms with Crippen molar-refractivity contribution in [2.24, 2.45) is 0 Å². The Balaban J connectivity index is 1.77. The maximum Gasteiger partial charge on any atom is -0.00231 e. The van der Waals surface area contributed by atoms with Gasteiger partial charge in [-0.1, -0.05) is 78.4 Å². The lowest BCUT2D eigenvalue weighted by Crippen LogP contribution is -1.95. The fourth-order valence-corrected chi connectivity index (χ4v) is 2.94. The number of hydrogen-bond donors (Lipinski definition) is 0. The second kappa shape index (κ2) is 6.62. The van der Waals surface area contributed by atoms with E-state index in [1.54, 1.807) is 0 Å². The highest BCUT2D eigenvalue weighted by molar-refractivity contribution is 5.37. The molecule has 0 aliphatic heterocycles. The van der Waals surface area contributed by atoms with Crippen LogP contribution >= 0.6 is 0 Å². The van der Waals surface area contributed by atoms with Crippen molar-refractivity contribution in [3.8, 4) is 0 Å². The van der Waals surface area contributed by atoms with Crippen molar-refractivity contribution < 1.29 is 0 Å². The monoisotopic (exact) mass is 286 g/mol. The van der Waals surface area contributed by atoms with Gasteiger partial charge in [0.05, 0.1) is 0 Å². The maximum absolute atomic E-state index is 2.33. The third-order valence-electron chi connectivity index (χ3n) is 4.14. The van der Waals surface area contributed by atoms with Crippen LogP contribution in [0.25, 0.3) is 0 Å². The van der Waals surface area contributed by atoms with Crippen molar-refractivity contribution >= 4 is 0 Å². The summed E-state index contributed by atoms with van der Waals surface area (Å²) in [5.41, 5.74) is 8.27. The molecule has 110 valence electrons. The van der Waals surface area contributed by atoms with E-state index in [1.165, 1.54) is 33.4 Å². The zero-order valence-corrected chi connectivity index (χ0v) is 13.3. The zero-order chi connectivity index (χ0) is 15.4. The Hall–Kier alpha value is -2.34. The van der Waals surface area contributed by atoms with E-state index < -0.39 is 0 Å². The summed E-state index contributed by atoms with van der Waals surface area (Å²) in [5, 5.41) is 0. The molecule has 0 radical (unpaired) electrons. The first-order valence-electron chi connectivity index (χ1n) is 7.88. The van der Waals surface area contributed by atoms with Crippen LogP contribution < -0.4 is 0 Å². The molecule has 0 nitrogen and oxygen atoms in total. The molecule has 3 aromatic rings.